The number of hydrogen-bond donors (Lipinski definition) is 2. The van der Waals surface area contributed by atoms with E-state index >= 15 is 0 Å². The molecule has 0 unspecified atom stereocenters. The van der Waals surface area contributed by atoms with Crippen molar-refractivity contribution in [1.82, 2.24) is 5.32 Å². The van der Waals surface area contributed by atoms with Crippen molar-refractivity contribution in [1.29, 1.82) is 0 Å². The zero-order chi connectivity index (χ0) is 21.4. The van der Waals surface area contributed by atoms with Gasteiger partial charge >= 0.3 is 5.97 Å². The van der Waals surface area contributed by atoms with Crippen LogP contribution in [-0.4, -0.2) is 30.1 Å². The van der Waals surface area contributed by atoms with E-state index in [0.717, 1.165) is 5.56 Å². The third-order valence-corrected chi connectivity index (χ3v) is 4.40. The molecule has 2 aromatic carbocycles. The number of benzene rings is 2. The molecule has 0 saturated carbocycles. The second-order valence-corrected chi connectivity index (χ2v) is 7.16. The van der Waals surface area contributed by atoms with Crippen molar-refractivity contribution >= 4 is 29.6 Å². The molecule has 0 radical (unpaired) electrons. The van der Waals surface area contributed by atoms with Gasteiger partial charge in [0.1, 0.15) is 12.6 Å². The molecule has 0 aliphatic carbocycles. The van der Waals surface area contributed by atoms with Gasteiger partial charge in [-0.25, -0.2) is 4.79 Å². The molecule has 1 amide bonds. The van der Waals surface area contributed by atoms with Gasteiger partial charge in [0.15, 0.2) is 11.5 Å². The van der Waals surface area contributed by atoms with Gasteiger partial charge in [0.25, 0.3) is 0 Å². The maximum absolute atomic E-state index is 12.0. The lowest BCUT2D eigenvalue weighted by molar-refractivity contribution is -0.142. The maximum Gasteiger partial charge on any atom is 0.326 e. The highest BCUT2D eigenvalue weighted by molar-refractivity contribution is 6.30. The summed E-state index contributed by atoms with van der Waals surface area (Å²) in [6.07, 6.45) is 2.88. The number of halogens is 1. The first-order valence-electron chi connectivity index (χ1n) is 9.07. The van der Waals surface area contributed by atoms with Crippen molar-refractivity contribution in [2.24, 2.45) is 5.92 Å². The first kappa shape index (κ1) is 22.3. The van der Waals surface area contributed by atoms with Gasteiger partial charge in [-0.2, -0.15) is 0 Å². The van der Waals surface area contributed by atoms with Crippen LogP contribution in [0, 0.1) is 5.92 Å². The summed E-state index contributed by atoms with van der Waals surface area (Å²) in [7, 11) is 1.53. The van der Waals surface area contributed by atoms with E-state index in [0.29, 0.717) is 28.7 Å². The fourth-order valence-electron chi connectivity index (χ4n) is 2.54. The lowest BCUT2D eigenvalue weighted by atomic mass is 10.0. The number of ether oxygens (including phenoxy) is 2. The van der Waals surface area contributed by atoms with Crippen LogP contribution in [-0.2, 0) is 16.2 Å². The smallest absolute Gasteiger partial charge is 0.326 e. The van der Waals surface area contributed by atoms with E-state index in [1.165, 1.54) is 13.2 Å². The molecule has 29 heavy (non-hydrogen) atoms. The van der Waals surface area contributed by atoms with Crippen LogP contribution in [0.15, 0.2) is 48.5 Å². The number of carbonyl (C=O) groups excluding carboxylic acids is 1. The van der Waals surface area contributed by atoms with Crippen molar-refractivity contribution in [3.8, 4) is 11.5 Å². The molecular formula is C22H24ClNO5. The molecule has 6 nitrogen and oxygen atoms in total. The fourth-order valence-corrected chi connectivity index (χ4v) is 2.66. The molecule has 154 valence electrons. The highest BCUT2D eigenvalue weighted by Crippen LogP contribution is 2.29. The number of nitrogens with one attached hydrogen (secondary N) is 1. The maximum atomic E-state index is 12.0. The zero-order valence-electron chi connectivity index (χ0n) is 16.5. The second kappa shape index (κ2) is 10.5. The molecule has 0 aliphatic rings. The Morgan fingerprint density at radius 3 is 2.41 bits per heavy atom. The molecule has 2 aromatic rings. The predicted molar refractivity (Wildman–Crippen MR) is 112 cm³/mol. The second-order valence-electron chi connectivity index (χ2n) is 6.73. The quantitative estimate of drug-likeness (QED) is 0.598. The normalized spacial score (nSPS) is 12.0. The summed E-state index contributed by atoms with van der Waals surface area (Å²) in [5, 5.41) is 12.3. The van der Waals surface area contributed by atoms with Crippen LogP contribution in [0.5, 0.6) is 11.5 Å². The number of amides is 1. The van der Waals surface area contributed by atoms with Crippen LogP contribution in [0.3, 0.4) is 0 Å². The Labute approximate surface area is 175 Å². The van der Waals surface area contributed by atoms with Crippen LogP contribution in [0.2, 0.25) is 5.02 Å². The average Bonchev–Trinajstić information content (AvgIpc) is 2.69. The number of rotatable bonds is 9. The number of carbonyl (C=O) groups is 2. The van der Waals surface area contributed by atoms with Gasteiger partial charge in [-0.3, -0.25) is 4.79 Å². The Morgan fingerprint density at radius 2 is 1.83 bits per heavy atom. The molecule has 0 aliphatic heterocycles. The van der Waals surface area contributed by atoms with Crippen molar-refractivity contribution in [2.45, 2.75) is 26.5 Å². The van der Waals surface area contributed by atoms with E-state index in [1.807, 2.05) is 12.1 Å². The molecule has 0 heterocycles. The topological polar surface area (TPSA) is 84.9 Å². The summed E-state index contributed by atoms with van der Waals surface area (Å²) in [6.45, 7) is 3.82. The van der Waals surface area contributed by atoms with Crippen molar-refractivity contribution in [3.63, 3.8) is 0 Å². The first-order valence-corrected chi connectivity index (χ1v) is 9.44. The summed E-state index contributed by atoms with van der Waals surface area (Å²) in [6, 6.07) is 11.7. The number of carboxylic acid groups (broad SMARTS) is 1. The molecule has 2 N–H and O–H groups in total. The summed E-state index contributed by atoms with van der Waals surface area (Å²) in [5.74, 6) is -0.678. The van der Waals surface area contributed by atoms with E-state index in [2.05, 4.69) is 5.32 Å². The van der Waals surface area contributed by atoms with Crippen LogP contribution < -0.4 is 14.8 Å². The Balaban J connectivity index is 2.03. The van der Waals surface area contributed by atoms with Crippen LogP contribution >= 0.6 is 11.6 Å². The van der Waals surface area contributed by atoms with Crippen LogP contribution in [0.1, 0.15) is 25.0 Å². The van der Waals surface area contributed by atoms with Gasteiger partial charge in [0, 0.05) is 11.1 Å². The van der Waals surface area contributed by atoms with Gasteiger partial charge in [0.05, 0.1) is 7.11 Å². The Bertz CT molecular complexity index is 877. The fraction of sp³-hybridized carbons (Fsp3) is 0.273. The minimum Gasteiger partial charge on any atom is -0.493 e. The van der Waals surface area contributed by atoms with Crippen molar-refractivity contribution in [2.75, 3.05) is 7.11 Å². The zero-order valence-corrected chi connectivity index (χ0v) is 17.3. The SMILES string of the molecule is COc1cc(/C=C/C(=O)N[C@@H](C(=O)O)C(C)C)ccc1OCc1ccc(Cl)cc1. The van der Waals surface area contributed by atoms with Crippen LogP contribution in [0.4, 0.5) is 0 Å². The molecular weight excluding hydrogens is 394 g/mol. The van der Waals surface area contributed by atoms with Crippen LogP contribution in [0.25, 0.3) is 6.08 Å². The Hall–Kier alpha value is -2.99. The van der Waals surface area contributed by atoms with Gasteiger partial charge in [-0.1, -0.05) is 43.6 Å². The molecule has 0 aromatic heterocycles. The highest BCUT2D eigenvalue weighted by Gasteiger charge is 2.22. The molecule has 2 rings (SSSR count). The largest absolute Gasteiger partial charge is 0.493 e. The third-order valence-electron chi connectivity index (χ3n) is 4.15. The third kappa shape index (κ3) is 6.84. The molecule has 7 heteroatoms. The molecule has 0 saturated heterocycles. The van der Waals surface area contributed by atoms with Crippen molar-refractivity contribution in [3.05, 3.63) is 64.7 Å². The van der Waals surface area contributed by atoms with Gasteiger partial charge in [-0.05, 0) is 47.4 Å². The van der Waals surface area contributed by atoms with Crippen molar-refractivity contribution < 1.29 is 24.2 Å². The summed E-state index contributed by atoms with van der Waals surface area (Å²) < 4.78 is 11.2. The van der Waals surface area contributed by atoms with E-state index in [-0.39, 0.29) is 5.92 Å². The average molecular weight is 418 g/mol. The van der Waals surface area contributed by atoms with Gasteiger partial charge < -0.3 is 19.9 Å². The molecule has 1 atom stereocenters. The standard InChI is InChI=1S/C22H24ClNO5/c1-14(2)21(22(26)27)24-20(25)11-7-15-6-10-18(19(12-15)28-3)29-13-16-4-8-17(23)9-5-16/h4-12,14,21H,13H2,1-3H3,(H,24,25)(H,26,27)/b11-7+/t21-/m1/s1. The van der Waals surface area contributed by atoms with E-state index in [9.17, 15) is 9.59 Å². The highest BCUT2D eigenvalue weighted by atomic mass is 35.5. The molecule has 0 spiro atoms. The number of aliphatic carboxylic acids is 1. The predicted octanol–water partition coefficient (Wildman–Crippen LogP) is 4.17. The minimum absolute atomic E-state index is 0.220. The number of hydrogen-bond acceptors (Lipinski definition) is 4. The molecule has 0 fully saturated rings. The first-order chi connectivity index (χ1) is 13.8. The van der Waals surface area contributed by atoms with E-state index in [4.69, 9.17) is 26.2 Å². The number of carboxylic acids is 1. The summed E-state index contributed by atoms with van der Waals surface area (Å²) in [4.78, 5) is 23.2. The van der Waals surface area contributed by atoms with E-state index in [1.54, 1.807) is 50.3 Å². The van der Waals surface area contributed by atoms with Gasteiger partial charge in [-0.15, -0.1) is 0 Å². The minimum atomic E-state index is -1.06. The Morgan fingerprint density at radius 1 is 1.14 bits per heavy atom. The van der Waals surface area contributed by atoms with Gasteiger partial charge in [0.2, 0.25) is 5.91 Å². The monoisotopic (exact) mass is 417 g/mol. The summed E-state index contributed by atoms with van der Waals surface area (Å²) in [5.41, 5.74) is 1.68. The molecule has 0 bridgehead atoms. The summed E-state index contributed by atoms with van der Waals surface area (Å²) >= 11 is 5.88. The Kier molecular flexibility index (Phi) is 8.09. The lowest BCUT2D eigenvalue weighted by Gasteiger charge is -2.16. The number of methoxy groups -OCH3 is 1. The lowest BCUT2D eigenvalue weighted by Crippen LogP contribution is -2.43. The van der Waals surface area contributed by atoms with E-state index < -0.39 is 17.9 Å².